The molecule has 0 N–H and O–H groups in total. The number of hydrogen-bond donors (Lipinski definition) is 0. The van der Waals surface area contributed by atoms with Crippen LogP contribution in [0.1, 0.15) is 89.2 Å². The molecule has 1 atom stereocenters. The van der Waals surface area contributed by atoms with Crippen LogP contribution in [0.3, 0.4) is 0 Å². The van der Waals surface area contributed by atoms with Crippen LogP contribution in [0.2, 0.25) is 0 Å². The number of quaternary nitrogens is 1. The molecule has 0 heterocycles. The molecule has 0 saturated carbocycles. The standard InChI is InChI=1S/C32H50NO3/c1-5-7-8-9-10-11-15-22-29-23-16-17-24-31(29)35-25-18-26-36-32(34)30(19-6-2)33(3,4)27-28-20-13-12-14-21-28/h12-14,16-17,20-21,23-24,30H,5-11,15,18-19,22,25-27H2,1-4H3/q+1. The third-order valence-corrected chi connectivity index (χ3v) is 6.92. The molecule has 1 unspecified atom stereocenters. The molecule has 0 bridgehead atoms. The van der Waals surface area contributed by atoms with Crippen molar-refractivity contribution in [1.82, 2.24) is 0 Å². The van der Waals surface area contributed by atoms with E-state index in [0.717, 1.165) is 31.6 Å². The molecule has 0 aliphatic carbocycles. The van der Waals surface area contributed by atoms with Crippen LogP contribution in [0.15, 0.2) is 54.6 Å². The average molecular weight is 497 g/mol. The topological polar surface area (TPSA) is 35.5 Å². The van der Waals surface area contributed by atoms with Crippen LogP contribution in [0.4, 0.5) is 0 Å². The van der Waals surface area contributed by atoms with Gasteiger partial charge in [0, 0.05) is 18.4 Å². The predicted molar refractivity (Wildman–Crippen MR) is 150 cm³/mol. The number of likely N-dealkylation sites (N-methyl/N-ethyl adjacent to an activating group) is 1. The Kier molecular flexibility index (Phi) is 14.3. The van der Waals surface area contributed by atoms with Crippen LogP contribution in [0.25, 0.3) is 0 Å². The molecule has 0 radical (unpaired) electrons. The highest BCUT2D eigenvalue weighted by atomic mass is 16.5. The maximum absolute atomic E-state index is 13.0. The van der Waals surface area contributed by atoms with Gasteiger partial charge in [-0.25, -0.2) is 4.79 Å². The van der Waals surface area contributed by atoms with Crippen LogP contribution >= 0.6 is 0 Å². The number of nitrogens with zero attached hydrogens (tertiary/aromatic N) is 1. The van der Waals surface area contributed by atoms with Gasteiger partial charge in [-0.15, -0.1) is 0 Å². The molecule has 0 fully saturated rings. The van der Waals surface area contributed by atoms with Gasteiger partial charge in [-0.05, 0) is 30.9 Å². The second kappa shape index (κ2) is 17.2. The number of ether oxygens (including phenoxy) is 2. The van der Waals surface area contributed by atoms with Gasteiger partial charge in [0.2, 0.25) is 0 Å². The van der Waals surface area contributed by atoms with Crippen molar-refractivity contribution in [3.8, 4) is 5.75 Å². The second-order valence-electron chi connectivity index (χ2n) is 10.6. The minimum absolute atomic E-state index is 0.0999. The molecule has 0 saturated heterocycles. The van der Waals surface area contributed by atoms with Gasteiger partial charge in [0.25, 0.3) is 0 Å². The molecule has 0 amide bonds. The van der Waals surface area contributed by atoms with E-state index >= 15 is 0 Å². The lowest BCUT2D eigenvalue weighted by molar-refractivity contribution is -0.920. The molecule has 4 nitrogen and oxygen atoms in total. The van der Waals surface area contributed by atoms with Crippen molar-refractivity contribution in [2.45, 2.75) is 97.1 Å². The predicted octanol–water partition coefficient (Wildman–Crippen LogP) is 7.74. The third-order valence-electron chi connectivity index (χ3n) is 6.92. The van der Waals surface area contributed by atoms with Gasteiger partial charge >= 0.3 is 5.97 Å². The number of para-hydroxylation sites is 1. The smallest absolute Gasteiger partial charge is 0.364 e. The Morgan fingerprint density at radius 1 is 0.778 bits per heavy atom. The van der Waals surface area contributed by atoms with E-state index in [9.17, 15) is 4.79 Å². The van der Waals surface area contributed by atoms with Gasteiger partial charge in [-0.1, -0.05) is 101 Å². The zero-order chi connectivity index (χ0) is 26.1. The average Bonchev–Trinajstić information content (AvgIpc) is 2.87. The van der Waals surface area contributed by atoms with Crippen molar-refractivity contribution in [2.75, 3.05) is 27.3 Å². The number of rotatable bonds is 19. The zero-order valence-corrected chi connectivity index (χ0v) is 23.3. The highest BCUT2D eigenvalue weighted by Crippen LogP contribution is 2.22. The summed E-state index contributed by atoms with van der Waals surface area (Å²) < 4.78 is 12.4. The third kappa shape index (κ3) is 11.2. The van der Waals surface area contributed by atoms with E-state index in [-0.39, 0.29) is 12.0 Å². The Bertz CT molecular complexity index is 849. The molecule has 0 aliphatic heterocycles. The van der Waals surface area contributed by atoms with E-state index in [1.807, 2.05) is 12.1 Å². The van der Waals surface area contributed by atoms with Crippen molar-refractivity contribution in [3.63, 3.8) is 0 Å². The quantitative estimate of drug-likeness (QED) is 0.113. The molecule has 2 aromatic rings. The van der Waals surface area contributed by atoms with Crippen molar-refractivity contribution in [1.29, 1.82) is 0 Å². The monoisotopic (exact) mass is 496 g/mol. The Morgan fingerprint density at radius 3 is 2.17 bits per heavy atom. The fraction of sp³-hybridized carbons (Fsp3) is 0.594. The van der Waals surface area contributed by atoms with Crippen LogP contribution in [-0.4, -0.2) is 43.8 Å². The molecule has 0 aliphatic rings. The van der Waals surface area contributed by atoms with Crippen molar-refractivity contribution >= 4 is 5.97 Å². The highest BCUT2D eigenvalue weighted by Gasteiger charge is 2.35. The van der Waals surface area contributed by atoms with Crippen molar-refractivity contribution in [2.24, 2.45) is 0 Å². The van der Waals surface area contributed by atoms with Gasteiger partial charge in [-0.3, -0.25) is 0 Å². The highest BCUT2D eigenvalue weighted by molar-refractivity contribution is 5.74. The molecular formula is C32H50NO3+. The van der Waals surface area contributed by atoms with E-state index < -0.39 is 0 Å². The lowest BCUT2D eigenvalue weighted by Gasteiger charge is -2.36. The normalized spacial score (nSPS) is 12.3. The first kappa shape index (κ1) is 29.9. The van der Waals surface area contributed by atoms with Gasteiger partial charge in [0.1, 0.15) is 12.3 Å². The first-order valence-electron chi connectivity index (χ1n) is 14.2. The maximum Gasteiger partial charge on any atom is 0.364 e. The van der Waals surface area contributed by atoms with E-state index in [2.05, 4.69) is 70.4 Å². The summed E-state index contributed by atoms with van der Waals surface area (Å²) in [5, 5.41) is 0. The molecule has 0 spiro atoms. The number of esters is 1. The largest absolute Gasteiger partial charge is 0.493 e. The summed E-state index contributed by atoms with van der Waals surface area (Å²) in [7, 11) is 4.25. The van der Waals surface area contributed by atoms with Crippen LogP contribution in [0, 0.1) is 0 Å². The molecule has 200 valence electrons. The summed E-state index contributed by atoms with van der Waals surface area (Å²) in [6, 6.07) is 18.6. The van der Waals surface area contributed by atoms with Gasteiger partial charge in [-0.2, -0.15) is 0 Å². The minimum Gasteiger partial charge on any atom is -0.493 e. The lowest BCUT2D eigenvalue weighted by Crippen LogP contribution is -2.52. The Hall–Kier alpha value is -2.33. The van der Waals surface area contributed by atoms with Crippen LogP contribution < -0.4 is 4.74 Å². The number of carbonyl (C=O) groups excluding carboxylic acids is 1. The first-order valence-corrected chi connectivity index (χ1v) is 14.2. The fourth-order valence-electron chi connectivity index (χ4n) is 4.82. The van der Waals surface area contributed by atoms with Gasteiger partial charge in [0.15, 0.2) is 6.04 Å². The molecule has 0 aromatic heterocycles. The summed E-state index contributed by atoms with van der Waals surface area (Å²) in [5.74, 6) is 0.872. The fourth-order valence-corrected chi connectivity index (χ4v) is 4.82. The number of unbranched alkanes of at least 4 members (excludes halogenated alkanes) is 6. The van der Waals surface area contributed by atoms with Crippen LogP contribution in [0.5, 0.6) is 5.75 Å². The molecule has 2 rings (SSSR count). The Balaban J connectivity index is 1.74. The Labute approximate surface area is 220 Å². The number of carbonyl (C=O) groups is 1. The van der Waals surface area contributed by atoms with Crippen molar-refractivity contribution in [3.05, 3.63) is 65.7 Å². The van der Waals surface area contributed by atoms with Crippen molar-refractivity contribution < 1.29 is 18.8 Å². The summed E-state index contributed by atoms with van der Waals surface area (Å²) in [5.41, 5.74) is 2.52. The zero-order valence-electron chi connectivity index (χ0n) is 23.3. The summed E-state index contributed by atoms with van der Waals surface area (Å²) in [6.45, 7) is 6.14. The summed E-state index contributed by atoms with van der Waals surface area (Å²) >= 11 is 0. The Morgan fingerprint density at radius 2 is 1.44 bits per heavy atom. The molecule has 4 heteroatoms. The molecule has 2 aromatic carbocycles. The number of benzene rings is 2. The van der Waals surface area contributed by atoms with Crippen LogP contribution in [-0.2, 0) is 22.5 Å². The SMILES string of the molecule is CCCCCCCCCc1ccccc1OCCCOC(=O)C(CCC)[N+](C)(C)Cc1ccccc1. The van der Waals surface area contributed by atoms with E-state index in [0.29, 0.717) is 24.1 Å². The van der Waals surface area contributed by atoms with E-state index in [1.54, 1.807) is 0 Å². The van der Waals surface area contributed by atoms with E-state index in [1.165, 1.54) is 56.1 Å². The molecular weight excluding hydrogens is 446 g/mol. The van der Waals surface area contributed by atoms with Gasteiger partial charge in [0.05, 0.1) is 27.3 Å². The van der Waals surface area contributed by atoms with Gasteiger partial charge < -0.3 is 14.0 Å². The lowest BCUT2D eigenvalue weighted by atomic mass is 10.0. The summed E-state index contributed by atoms with van der Waals surface area (Å²) in [4.78, 5) is 13.0. The maximum atomic E-state index is 13.0. The minimum atomic E-state index is -0.168. The summed E-state index contributed by atoms with van der Waals surface area (Å²) in [6.07, 6.45) is 12.7. The molecule has 36 heavy (non-hydrogen) atoms. The second-order valence-corrected chi connectivity index (χ2v) is 10.6. The number of hydrogen-bond acceptors (Lipinski definition) is 3. The van der Waals surface area contributed by atoms with E-state index in [4.69, 9.17) is 9.47 Å². The number of aryl methyl sites for hydroxylation is 1. The first-order chi connectivity index (χ1) is 17.5.